The van der Waals surface area contributed by atoms with Crippen molar-refractivity contribution in [3.8, 4) is 5.75 Å². The highest BCUT2D eigenvalue weighted by atomic mass is 16.5. The van der Waals surface area contributed by atoms with Crippen LogP contribution in [0.25, 0.3) is 0 Å². The molecule has 2 unspecified atom stereocenters. The number of nitrogens with one attached hydrogen (secondary N) is 2. The highest BCUT2D eigenvalue weighted by Gasteiger charge is 2.19. The maximum Gasteiger partial charge on any atom is 0.239 e. The van der Waals surface area contributed by atoms with Crippen LogP contribution in [0.3, 0.4) is 0 Å². The van der Waals surface area contributed by atoms with Gasteiger partial charge in [-0.05, 0) is 23.6 Å². The van der Waals surface area contributed by atoms with Gasteiger partial charge in [0.1, 0.15) is 5.75 Å². The topological polar surface area (TPSA) is 93.5 Å². The predicted octanol–water partition coefficient (Wildman–Crippen LogP) is 0.801. The zero-order valence-electron chi connectivity index (χ0n) is 13.4. The van der Waals surface area contributed by atoms with Crippen LogP contribution in [0.2, 0.25) is 0 Å². The Kier molecular flexibility index (Phi) is 7.39. The van der Waals surface area contributed by atoms with E-state index in [1.54, 1.807) is 7.11 Å². The highest BCUT2D eigenvalue weighted by Crippen LogP contribution is 2.10. The minimum Gasteiger partial charge on any atom is -0.497 e. The number of rotatable bonds is 8. The van der Waals surface area contributed by atoms with Crippen LogP contribution < -0.4 is 21.1 Å². The largest absolute Gasteiger partial charge is 0.497 e. The number of benzene rings is 1. The molecule has 1 rings (SSSR count). The number of methoxy groups -OCH3 is 1. The molecule has 0 aliphatic carbocycles. The molecule has 6 nitrogen and oxygen atoms in total. The molecule has 22 heavy (non-hydrogen) atoms. The van der Waals surface area contributed by atoms with Gasteiger partial charge in [0.2, 0.25) is 11.8 Å². The van der Waals surface area contributed by atoms with E-state index in [1.807, 2.05) is 38.1 Å². The number of hydrogen-bond donors (Lipinski definition) is 3. The Morgan fingerprint density at radius 2 is 1.86 bits per heavy atom. The lowest BCUT2D eigenvalue weighted by atomic mass is 9.99. The van der Waals surface area contributed by atoms with Gasteiger partial charge in [0, 0.05) is 6.54 Å². The zero-order chi connectivity index (χ0) is 16.5. The van der Waals surface area contributed by atoms with Gasteiger partial charge in [0.25, 0.3) is 0 Å². The molecule has 0 aliphatic rings. The minimum absolute atomic E-state index is 0.0703. The average Bonchev–Trinajstić information content (AvgIpc) is 2.56. The van der Waals surface area contributed by atoms with Crippen molar-refractivity contribution in [3.05, 3.63) is 29.8 Å². The summed E-state index contributed by atoms with van der Waals surface area (Å²) < 4.78 is 5.06. The molecule has 2 amide bonds. The maximum absolute atomic E-state index is 11.8. The van der Waals surface area contributed by atoms with Crippen molar-refractivity contribution in [1.82, 2.24) is 10.6 Å². The average molecular weight is 307 g/mol. The summed E-state index contributed by atoms with van der Waals surface area (Å²) in [6.07, 6.45) is 0.818. The first kappa shape index (κ1) is 18.0. The molecule has 0 radical (unpaired) electrons. The van der Waals surface area contributed by atoms with E-state index < -0.39 is 6.04 Å². The van der Waals surface area contributed by atoms with Crippen LogP contribution in [0.5, 0.6) is 5.75 Å². The van der Waals surface area contributed by atoms with E-state index in [2.05, 4.69) is 10.6 Å². The van der Waals surface area contributed by atoms with Crippen LogP contribution in [-0.2, 0) is 16.1 Å². The van der Waals surface area contributed by atoms with Gasteiger partial charge in [-0.1, -0.05) is 32.4 Å². The van der Waals surface area contributed by atoms with Gasteiger partial charge in [-0.15, -0.1) is 0 Å². The minimum atomic E-state index is -0.584. The fourth-order valence-corrected chi connectivity index (χ4v) is 1.80. The number of ether oxygens (including phenoxy) is 1. The van der Waals surface area contributed by atoms with Gasteiger partial charge in [0.15, 0.2) is 0 Å². The first-order valence-electron chi connectivity index (χ1n) is 7.40. The molecule has 4 N–H and O–H groups in total. The molecule has 2 atom stereocenters. The molecule has 0 saturated carbocycles. The van der Waals surface area contributed by atoms with Crippen molar-refractivity contribution >= 4 is 11.8 Å². The molecule has 0 heterocycles. The summed E-state index contributed by atoms with van der Waals surface area (Å²) in [4.78, 5) is 23.5. The summed E-state index contributed by atoms with van der Waals surface area (Å²) in [7, 11) is 1.60. The lowest BCUT2D eigenvalue weighted by molar-refractivity contribution is -0.127. The van der Waals surface area contributed by atoms with Crippen molar-refractivity contribution in [2.75, 3.05) is 13.7 Å². The third-order valence-corrected chi connectivity index (χ3v) is 3.63. The Morgan fingerprint density at radius 1 is 1.23 bits per heavy atom. The van der Waals surface area contributed by atoms with E-state index in [1.165, 1.54) is 0 Å². The summed E-state index contributed by atoms with van der Waals surface area (Å²) in [5.74, 6) is 0.304. The number of nitrogens with two attached hydrogens (primary N) is 1. The highest BCUT2D eigenvalue weighted by molar-refractivity contribution is 5.87. The maximum atomic E-state index is 11.8. The Labute approximate surface area is 131 Å². The summed E-state index contributed by atoms with van der Waals surface area (Å²) in [5, 5.41) is 5.29. The Hall–Kier alpha value is -2.08. The number of carbonyl (C=O) groups is 2. The molecule has 1 aromatic carbocycles. The molecule has 0 saturated heterocycles. The smallest absolute Gasteiger partial charge is 0.239 e. The molecule has 122 valence electrons. The third kappa shape index (κ3) is 5.73. The molecule has 6 heteroatoms. The van der Waals surface area contributed by atoms with Gasteiger partial charge in [-0.25, -0.2) is 0 Å². The Bertz CT molecular complexity index is 488. The van der Waals surface area contributed by atoms with Crippen LogP contribution in [0, 0.1) is 5.92 Å². The molecule has 1 aromatic rings. The van der Waals surface area contributed by atoms with E-state index in [0.29, 0.717) is 6.54 Å². The molecule has 0 spiro atoms. The molecule has 0 aliphatic heterocycles. The second-order valence-electron chi connectivity index (χ2n) is 5.25. The van der Waals surface area contributed by atoms with Crippen LogP contribution in [0.4, 0.5) is 0 Å². The van der Waals surface area contributed by atoms with Crippen LogP contribution in [0.15, 0.2) is 24.3 Å². The van der Waals surface area contributed by atoms with Gasteiger partial charge < -0.3 is 21.1 Å². The molecular weight excluding hydrogens is 282 g/mol. The fraction of sp³-hybridized carbons (Fsp3) is 0.500. The van der Waals surface area contributed by atoms with E-state index in [9.17, 15) is 9.59 Å². The fourth-order valence-electron chi connectivity index (χ4n) is 1.80. The van der Waals surface area contributed by atoms with E-state index in [4.69, 9.17) is 10.5 Å². The van der Waals surface area contributed by atoms with Gasteiger partial charge in [-0.3, -0.25) is 9.59 Å². The summed E-state index contributed by atoms with van der Waals surface area (Å²) >= 11 is 0. The van der Waals surface area contributed by atoms with E-state index >= 15 is 0 Å². The van der Waals surface area contributed by atoms with Gasteiger partial charge in [0.05, 0.1) is 19.7 Å². The molecular formula is C16H25N3O3. The molecule has 0 bridgehead atoms. The van der Waals surface area contributed by atoms with Crippen molar-refractivity contribution in [2.45, 2.75) is 32.9 Å². The van der Waals surface area contributed by atoms with Gasteiger partial charge >= 0.3 is 0 Å². The lowest BCUT2D eigenvalue weighted by Gasteiger charge is -2.17. The second-order valence-corrected chi connectivity index (χ2v) is 5.25. The van der Waals surface area contributed by atoms with Crippen molar-refractivity contribution in [3.63, 3.8) is 0 Å². The van der Waals surface area contributed by atoms with Crippen LogP contribution in [0.1, 0.15) is 25.8 Å². The number of amides is 2. The third-order valence-electron chi connectivity index (χ3n) is 3.63. The first-order chi connectivity index (χ1) is 10.5. The number of hydrogen-bond acceptors (Lipinski definition) is 4. The lowest BCUT2D eigenvalue weighted by Crippen LogP contribution is -2.47. The first-order valence-corrected chi connectivity index (χ1v) is 7.40. The molecule has 0 fully saturated rings. The van der Waals surface area contributed by atoms with Gasteiger partial charge in [-0.2, -0.15) is 0 Å². The van der Waals surface area contributed by atoms with Crippen molar-refractivity contribution < 1.29 is 14.3 Å². The van der Waals surface area contributed by atoms with Crippen LogP contribution in [-0.4, -0.2) is 31.5 Å². The SMILES string of the molecule is CCC(C)C(N)C(=O)NCC(=O)NCc1ccc(OC)cc1. The predicted molar refractivity (Wildman–Crippen MR) is 85.3 cm³/mol. The number of carbonyl (C=O) groups excluding carboxylic acids is 2. The Morgan fingerprint density at radius 3 is 2.41 bits per heavy atom. The van der Waals surface area contributed by atoms with Crippen molar-refractivity contribution in [1.29, 1.82) is 0 Å². The van der Waals surface area contributed by atoms with Crippen molar-refractivity contribution in [2.24, 2.45) is 11.7 Å². The zero-order valence-corrected chi connectivity index (χ0v) is 13.4. The summed E-state index contributed by atoms with van der Waals surface area (Å²) in [6, 6.07) is 6.81. The molecule has 0 aromatic heterocycles. The van der Waals surface area contributed by atoms with E-state index in [0.717, 1.165) is 17.7 Å². The summed E-state index contributed by atoms with van der Waals surface area (Å²) in [6.45, 7) is 4.21. The summed E-state index contributed by atoms with van der Waals surface area (Å²) in [5.41, 5.74) is 6.75. The quantitative estimate of drug-likeness (QED) is 0.662. The monoisotopic (exact) mass is 307 g/mol. The van der Waals surface area contributed by atoms with E-state index in [-0.39, 0.29) is 24.3 Å². The normalized spacial score (nSPS) is 13.1. The second kappa shape index (κ2) is 9.04. The van der Waals surface area contributed by atoms with Crippen LogP contribution >= 0.6 is 0 Å². The standard InChI is InChI=1S/C16H25N3O3/c1-4-11(2)15(17)16(21)19-10-14(20)18-9-12-5-7-13(22-3)8-6-12/h5-8,11,15H,4,9-10,17H2,1-3H3,(H,18,20)(H,19,21). The Balaban J connectivity index is 2.32.